The molecule has 37 heavy (non-hydrogen) atoms. The van der Waals surface area contributed by atoms with Crippen LogP contribution in [0.4, 0.5) is 4.39 Å². The number of halogens is 1. The van der Waals surface area contributed by atoms with Crippen molar-refractivity contribution in [2.75, 3.05) is 0 Å². The molecule has 0 spiro atoms. The third kappa shape index (κ3) is 7.71. The molecular formula is C28H34FN3O5. The molecule has 0 saturated heterocycles. The Bertz CT molecular complexity index is 1210. The van der Waals surface area contributed by atoms with Crippen LogP contribution < -0.4 is 5.32 Å². The lowest BCUT2D eigenvalue weighted by Gasteiger charge is -2.17. The number of rotatable bonds is 12. The van der Waals surface area contributed by atoms with Gasteiger partial charge in [-0.2, -0.15) is 5.10 Å². The molecule has 1 heterocycles. The van der Waals surface area contributed by atoms with Gasteiger partial charge >= 0.3 is 5.97 Å². The highest BCUT2D eigenvalue weighted by atomic mass is 19.1. The van der Waals surface area contributed by atoms with Gasteiger partial charge in [0, 0.05) is 18.7 Å². The van der Waals surface area contributed by atoms with Crippen LogP contribution in [-0.2, 0) is 17.9 Å². The number of benzene rings is 2. The third-order valence-corrected chi connectivity index (χ3v) is 6.09. The normalized spacial score (nSPS) is 12.9. The van der Waals surface area contributed by atoms with Gasteiger partial charge in [-0.05, 0) is 55.5 Å². The molecule has 0 bridgehead atoms. The van der Waals surface area contributed by atoms with Crippen LogP contribution in [0.2, 0.25) is 0 Å². The van der Waals surface area contributed by atoms with E-state index in [2.05, 4.69) is 10.4 Å². The van der Waals surface area contributed by atoms with Gasteiger partial charge in [-0.15, -0.1) is 0 Å². The maximum absolute atomic E-state index is 13.6. The summed E-state index contributed by atoms with van der Waals surface area (Å²) < 4.78 is 15.3. The molecule has 0 unspecified atom stereocenters. The van der Waals surface area contributed by atoms with Crippen LogP contribution >= 0.6 is 0 Å². The van der Waals surface area contributed by atoms with Crippen LogP contribution in [-0.4, -0.2) is 49.2 Å². The van der Waals surface area contributed by atoms with Crippen molar-refractivity contribution < 1.29 is 29.3 Å². The van der Waals surface area contributed by atoms with E-state index >= 15 is 0 Å². The smallest absolute Gasteiger partial charge is 0.305 e. The van der Waals surface area contributed by atoms with Crippen molar-refractivity contribution >= 4 is 11.9 Å². The van der Waals surface area contributed by atoms with E-state index in [-0.39, 0.29) is 31.2 Å². The summed E-state index contributed by atoms with van der Waals surface area (Å²) in [5, 5.41) is 36.7. The zero-order valence-electron chi connectivity index (χ0n) is 21.3. The zero-order chi connectivity index (χ0) is 27.1. The summed E-state index contributed by atoms with van der Waals surface area (Å²) in [5.41, 5.74) is 4.11. The Balaban J connectivity index is 1.90. The third-order valence-electron chi connectivity index (χ3n) is 6.09. The minimum atomic E-state index is -1.16. The van der Waals surface area contributed by atoms with Crippen molar-refractivity contribution in [1.29, 1.82) is 0 Å². The Hall–Kier alpha value is -3.56. The average molecular weight is 512 g/mol. The molecule has 0 radical (unpaired) electrons. The molecule has 8 nitrogen and oxygen atoms in total. The number of aryl methyl sites for hydroxylation is 2. The molecule has 1 aromatic heterocycles. The Morgan fingerprint density at radius 3 is 2.27 bits per heavy atom. The van der Waals surface area contributed by atoms with E-state index in [0.29, 0.717) is 29.1 Å². The fourth-order valence-electron chi connectivity index (χ4n) is 4.23. The first-order chi connectivity index (χ1) is 17.5. The number of aliphatic hydroxyl groups excluding tert-OH is 2. The highest BCUT2D eigenvalue weighted by molar-refractivity contribution is 6.01. The molecule has 3 rings (SSSR count). The van der Waals surface area contributed by atoms with Gasteiger partial charge in [0.2, 0.25) is 0 Å². The van der Waals surface area contributed by atoms with Gasteiger partial charge in [0.15, 0.2) is 0 Å². The molecule has 4 N–H and O–H groups in total. The first-order valence-electron chi connectivity index (χ1n) is 12.3. The van der Waals surface area contributed by atoms with Gasteiger partial charge in [0.25, 0.3) is 5.91 Å². The van der Waals surface area contributed by atoms with E-state index in [1.165, 1.54) is 12.1 Å². The number of nitrogens with zero attached hydrogens (tertiary/aromatic N) is 2. The lowest BCUT2D eigenvalue weighted by atomic mass is 9.99. The maximum Gasteiger partial charge on any atom is 0.305 e. The second-order valence-corrected chi connectivity index (χ2v) is 9.59. The fourth-order valence-corrected chi connectivity index (χ4v) is 4.23. The van der Waals surface area contributed by atoms with Crippen LogP contribution in [0.15, 0.2) is 48.5 Å². The number of aliphatic hydroxyl groups is 2. The van der Waals surface area contributed by atoms with E-state index in [9.17, 15) is 24.2 Å². The summed E-state index contributed by atoms with van der Waals surface area (Å²) in [6, 6.07) is 13.6. The number of carbonyl (C=O) groups excluding carboxylic acids is 1. The number of hydrogen-bond acceptors (Lipinski definition) is 5. The number of carbonyl (C=O) groups is 2. The quantitative estimate of drug-likeness (QED) is 0.291. The summed E-state index contributed by atoms with van der Waals surface area (Å²) in [6.45, 7) is 6.43. The summed E-state index contributed by atoms with van der Waals surface area (Å²) >= 11 is 0. The first kappa shape index (κ1) is 28.0. The molecule has 198 valence electrons. The number of amides is 1. The van der Waals surface area contributed by atoms with Crippen molar-refractivity contribution in [3.05, 3.63) is 76.7 Å². The Labute approximate surface area is 215 Å². The van der Waals surface area contributed by atoms with E-state index in [0.717, 1.165) is 11.1 Å². The van der Waals surface area contributed by atoms with Crippen molar-refractivity contribution in [2.45, 2.75) is 71.2 Å². The Morgan fingerprint density at radius 1 is 1.03 bits per heavy atom. The highest BCUT2D eigenvalue weighted by Gasteiger charge is 2.27. The minimum Gasteiger partial charge on any atom is -0.481 e. The van der Waals surface area contributed by atoms with Gasteiger partial charge in [0.1, 0.15) is 11.5 Å². The molecule has 2 atom stereocenters. The number of nitrogens with one attached hydrogen (secondary N) is 1. The molecule has 2 aromatic carbocycles. The first-order valence-corrected chi connectivity index (χ1v) is 12.3. The van der Waals surface area contributed by atoms with Gasteiger partial charge in [-0.1, -0.05) is 43.7 Å². The summed E-state index contributed by atoms with van der Waals surface area (Å²) in [5.74, 6) is -1.95. The van der Waals surface area contributed by atoms with Gasteiger partial charge < -0.3 is 20.6 Å². The van der Waals surface area contributed by atoms with Gasteiger partial charge in [-0.25, -0.2) is 4.39 Å². The largest absolute Gasteiger partial charge is 0.481 e. The van der Waals surface area contributed by atoms with Gasteiger partial charge in [0.05, 0.1) is 29.9 Å². The molecule has 0 aliphatic heterocycles. The summed E-state index contributed by atoms with van der Waals surface area (Å²) in [6.07, 6.45) is -2.44. The van der Waals surface area contributed by atoms with E-state index in [1.54, 1.807) is 16.8 Å². The lowest BCUT2D eigenvalue weighted by molar-refractivity contribution is -0.139. The van der Waals surface area contributed by atoms with Crippen molar-refractivity contribution in [3.63, 3.8) is 0 Å². The number of carboxylic acid groups (broad SMARTS) is 1. The second-order valence-electron chi connectivity index (χ2n) is 9.59. The Kier molecular flexibility index (Phi) is 9.54. The average Bonchev–Trinajstić information content (AvgIpc) is 3.22. The predicted molar refractivity (Wildman–Crippen MR) is 138 cm³/mol. The second kappa shape index (κ2) is 12.6. The Morgan fingerprint density at radius 2 is 1.68 bits per heavy atom. The summed E-state index contributed by atoms with van der Waals surface area (Å²) in [4.78, 5) is 24.3. The molecule has 0 aliphatic rings. The fraction of sp³-hybridized carbons (Fsp3) is 0.393. The topological polar surface area (TPSA) is 125 Å². The lowest BCUT2D eigenvalue weighted by Crippen LogP contribution is -2.25. The monoisotopic (exact) mass is 511 g/mol. The highest BCUT2D eigenvalue weighted by Crippen LogP contribution is 2.31. The zero-order valence-corrected chi connectivity index (χ0v) is 21.3. The molecule has 0 aliphatic carbocycles. The molecule has 0 fully saturated rings. The molecule has 0 saturated carbocycles. The minimum absolute atomic E-state index is 0.0840. The standard InChI is InChI=1S/C28H34FN3O5/c1-17(2)27-25(28(37)30-16-19-6-4-18(3)5-7-19)26(20-8-10-21(29)11-9-20)31-32(27)13-12-22(33)14-23(34)15-24(35)36/h4-11,17,22-23,33-34H,12-16H2,1-3H3,(H,30,37)(H,35,36)/t22-,23-/m1/s1. The van der Waals surface area contributed by atoms with Crippen LogP contribution in [0.1, 0.15) is 66.2 Å². The van der Waals surface area contributed by atoms with Gasteiger partial charge in [-0.3, -0.25) is 14.3 Å². The van der Waals surface area contributed by atoms with Crippen LogP contribution in [0.3, 0.4) is 0 Å². The number of aliphatic carboxylic acids is 1. The molecule has 9 heteroatoms. The maximum atomic E-state index is 13.6. The summed E-state index contributed by atoms with van der Waals surface area (Å²) in [7, 11) is 0. The van der Waals surface area contributed by atoms with Crippen LogP contribution in [0.5, 0.6) is 0 Å². The van der Waals surface area contributed by atoms with Crippen LogP contribution in [0, 0.1) is 12.7 Å². The number of aromatic nitrogens is 2. The van der Waals surface area contributed by atoms with E-state index in [1.807, 2.05) is 45.0 Å². The van der Waals surface area contributed by atoms with E-state index < -0.39 is 30.4 Å². The van der Waals surface area contributed by atoms with Crippen molar-refractivity contribution in [2.24, 2.45) is 0 Å². The molecule has 1 amide bonds. The number of hydrogen-bond donors (Lipinski definition) is 4. The SMILES string of the molecule is Cc1ccc(CNC(=O)c2c(-c3ccc(F)cc3)nn(CC[C@@H](O)C[C@@H](O)CC(=O)O)c2C(C)C)cc1. The predicted octanol–water partition coefficient (Wildman–Crippen LogP) is 4.03. The van der Waals surface area contributed by atoms with Crippen molar-refractivity contribution in [1.82, 2.24) is 15.1 Å². The van der Waals surface area contributed by atoms with Crippen LogP contribution in [0.25, 0.3) is 11.3 Å². The van der Waals surface area contributed by atoms with Crippen molar-refractivity contribution in [3.8, 4) is 11.3 Å². The number of carboxylic acids is 1. The van der Waals surface area contributed by atoms with E-state index in [4.69, 9.17) is 5.11 Å². The molecule has 3 aromatic rings. The molecular weight excluding hydrogens is 477 g/mol.